The van der Waals surface area contributed by atoms with Crippen LogP contribution < -0.4 is 15.9 Å². The monoisotopic (exact) mass is 375 g/mol. The van der Waals surface area contributed by atoms with Crippen molar-refractivity contribution in [1.82, 2.24) is 24.5 Å². The lowest BCUT2D eigenvalue weighted by Gasteiger charge is -2.19. The number of H-pyrrole nitrogens is 1. The van der Waals surface area contributed by atoms with Gasteiger partial charge in [-0.15, -0.1) is 4.57 Å². The lowest BCUT2D eigenvalue weighted by molar-refractivity contribution is -0.693. The maximum absolute atomic E-state index is 12.4. The molecule has 0 saturated carbocycles. The molecule has 25 heavy (non-hydrogen) atoms. The Bertz CT molecular complexity index is 879. The molecule has 2 aromatic heterocycles. The van der Waals surface area contributed by atoms with Crippen molar-refractivity contribution in [2.24, 2.45) is 7.05 Å². The van der Waals surface area contributed by atoms with E-state index in [0.29, 0.717) is 0 Å². The summed E-state index contributed by atoms with van der Waals surface area (Å²) in [5.41, 5.74) is -1.29. The predicted octanol–water partition coefficient (Wildman–Crippen LogP) is -1.30. The summed E-state index contributed by atoms with van der Waals surface area (Å²) in [5.74, 6) is 0.0681. The summed E-state index contributed by atoms with van der Waals surface area (Å²) in [6, 6.07) is 0. The highest BCUT2D eigenvalue weighted by Gasteiger charge is 2.29. The summed E-state index contributed by atoms with van der Waals surface area (Å²) >= 11 is 0. The van der Waals surface area contributed by atoms with Crippen molar-refractivity contribution in [3.8, 4) is 5.82 Å². The van der Waals surface area contributed by atoms with E-state index in [4.69, 9.17) is 9.05 Å². The van der Waals surface area contributed by atoms with Crippen LogP contribution in [0, 0.1) is 0 Å². The molecule has 0 aliphatic rings. The maximum atomic E-state index is 12.4. The normalized spacial score (nSPS) is 13.1. The van der Waals surface area contributed by atoms with Crippen molar-refractivity contribution in [2.45, 2.75) is 20.1 Å². The van der Waals surface area contributed by atoms with Gasteiger partial charge in [0.2, 0.25) is 12.1 Å². The number of hydrogen-bond acceptors (Lipinski definition) is 8. The largest absolute Gasteiger partial charge is 0.452 e. The molecule has 2 aromatic rings. The molecule has 0 fully saturated rings. The first kappa shape index (κ1) is 19.2. The smallest absolute Gasteiger partial charge is 0.371 e. The summed E-state index contributed by atoms with van der Waals surface area (Å²) in [6.07, 6.45) is 0.836. The third-order valence-corrected chi connectivity index (χ3v) is 5.21. The number of aryl methyl sites for hydroxylation is 1. The van der Waals surface area contributed by atoms with Gasteiger partial charge >= 0.3 is 19.0 Å². The van der Waals surface area contributed by atoms with Gasteiger partial charge in [-0.05, 0) is 13.8 Å². The Kier molecular flexibility index (Phi) is 6.01. The number of nitrogens with one attached hydrogen (secondary N) is 1. The molecule has 0 spiro atoms. The highest BCUT2D eigenvalue weighted by molar-refractivity contribution is 7.53. The Hall–Kier alpha value is -2.14. The zero-order chi connectivity index (χ0) is 18.6. The van der Waals surface area contributed by atoms with Crippen LogP contribution in [0.1, 0.15) is 20.1 Å². The van der Waals surface area contributed by atoms with Gasteiger partial charge in [0, 0.05) is 0 Å². The van der Waals surface area contributed by atoms with E-state index in [9.17, 15) is 19.3 Å². The van der Waals surface area contributed by atoms with Gasteiger partial charge in [0.1, 0.15) is 0 Å². The first-order chi connectivity index (χ1) is 11.8. The second kappa shape index (κ2) is 7.83. The van der Waals surface area contributed by atoms with E-state index in [-0.39, 0.29) is 25.2 Å². The van der Waals surface area contributed by atoms with Crippen LogP contribution in [0.2, 0.25) is 0 Å². The molecule has 0 radical (unpaired) electrons. The highest BCUT2D eigenvalue weighted by Crippen LogP contribution is 2.49. The predicted molar refractivity (Wildman–Crippen MR) is 84.4 cm³/mol. The highest BCUT2D eigenvalue weighted by atomic mass is 31.2. The van der Waals surface area contributed by atoms with E-state index >= 15 is 0 Å². The molecule has 0 amide bonds. The van der Waals surface area contributed by atoms with Crippen LogP contribution >= 0.6 is 7.60 Å². The van der Waals surface area contributed by atoms with Gasteiger partial charge < -0.3 is 14.2 Å². The number of rotatable bonds is 8. The SMILES string of the molecule is CCOP(=O)(CC(O)n1cc(-n2c[n+](C)c(=O)[nH]c2=O)nn1)OCC. The molecule has 1 unspecified atom stereocenters. The molecular weight excluding hydrogens is 355 g/mol. The van der Waals surface area contributed by atoms with Crippen LogP contribution in [0.3, 0.4) is 0 Å². The molecule has 2 N–H and O–H groups in total. The Morgan fingerprint density at radius 3 is 2.60 bits per heavy atom. The zero-order valence-electron chi connectivity index (χ0n) is 14.0. The first-order valence-corrected chi connectivity index (χ1v) is 9.22. The summed E-state index contributed by atoms with van der Waals surface area (Å²) in [5, 5.41) is 17.7. The molecule has 1 atom stereocenters. The molecule has 138 valence electrons. The number of aliphatic hydroxyl groups is 1. The van der Waals surface area contributed by atoms with Crippen molar-refractivity contribution < 1.29 is 23.3 Å². The van der Waals surface area contributed by atoms with Gasteiger partial charge in [0.15, 0.2) is 6.23 Å². The van der Waals surface area contributed by atoms with Crippen LogP contribution in [0.25, 0.3) is 5.82 Å². The minimum Gasteiger partial charge on any atom is -0.371 e. The average Bonchev–Trinajstić information content (AvgIpc) is 3.01. The fraction of sp³-hybridized carbons (Fsp3) is 0.583. The van der Waals surface area contributed by atoms with Crippen molar-refractivity contribution in [1.29, 1.82) is 0 Å². The minimum atomic E-state index is -3.49. The van der Waals surface area contributed by atoms with Gasteiger partial charge in [-0.2, -0.15) is 4.98 Å². The van der Waals surface area contributed by atoms with Gasteiger partial charge in [0.05, 0.1) is 32.6 Å². The van der Waals surface area contributed by atoms with Crippen molar-refractivity contribution in [3.63, 3.8) is 0 Å². The van der Waals surface area contributed by atoms with Gasteiger partial charge in [-0.1, -0.05) is 10.3 Å². The number of aromatic amines is 1. The summed E-state index contributed by atoms with van der Waals surface area (Å²) in [4.78, 5) is 25.3. The Morgan fingerprint density at radius 2 is 2.00 bits per heavy atom. The van der Waals surface area contributed by atoms with E-state index in [1.54, 1.807) is 13.8 Å². The molecule has 0 aliphatic carbocycles. The Labute approximate surface area is 142 Å². The molecule has 0 aliphatic heterocycles. The van der Waals surface area contributed by atoms with E-state index in [2.05, 4.69) is 15.3 Å². The van der Waals surface area contributed by atoms with Crippen molar-refractivity contribution in [3.05, 3.63) is 33.5 Å². The summed E-state index contributed by atoms with van der Waals surface area (Å²) in [7, 11) is -2.03. The summed E-state index contributed by atoms with van der Waals surface area (Å²) in [6.45, 7) is 3.65. The third kappa shape index (κ3) is 4.48. The van der Waals surface area contributed by atoms with E-state index < -0.39 is 25.2 Å². The third-order valence-electron chi connectivity index (χ3n) is 3.13. The maximum Gasteiger partial charge on any atom is 0.452 e. The number of nitrogens with zero attached hydrogens (tertiary/aromatic N) is 5. The first-order valence-electron chi connectivity index (χ1n) is 7.49. The van der Waals surface area contributed by atoms with Crippen LogP contribution in [0.5, 0.6) is 0 Å². The number of hydrogen-bond donors (Lipinski definition) is 2. The van der Waals surface area contributed by atoms with Crippen molar-refractivity contribution in [2.75, 3.05) is 19.4 Å². The van der Waals surface area contributed by atoms with Crippen molar-refractivity contribution >= 4 is 7.60 Å². The molecule has 0 aromatic carbocycles. The lowest BCUT2D eigenvalue weighted by Crippen LogP contribution is -2.53. The molecule has 2 heterocycles. The van der Waals surface area contributed by atoms with Crippen LogP contribution in [0.15, 0.2) is 22.1 Å². The molecular formula is C12H20N6O6P+. The second-order valence-electron chi connectivity index (χ2n) is 5.00. The summed E-state index contributed by atoms with van der Waals surface area (Å²) < 4.78 is 25.9. The number of aliphatic hydroxyl groups excluding tert-OH is 1. The Balaban J connectivity index is 2.26. The van der Waals surface area contributed by atoms with E-state index in [1.807, 2.05) is 0 Å². The number of aromatic nitrogens is 6. The zero-order valence-corrected chi connectivity index (χ0v) is 14.9. The fourth-order valence-corrected chi connectivity index (χ4v) is 3.66. The molecule has 13 heteroatoms. The average molecular weight is 375 g/mol. The van der Waals surface area contributed by atoms with Crippen LogP contribution in [-0.4, -0.2) is 49.0 Å². The molecule has 0 saturated heterocycles. The molecule has 12 nitrogen and oxygen atoms in total. The van der Waals surface area contributed by atoms with Crippen LogP contribution in [0.4, 0.5) is 0 Å². The Morgan fingerprint density at radius 1 is 1.36 bits per heavy atom. The second-order valence-corrected chi connectivity index (χ2v) is 7.10. The van der Waals surface area contributed by atoms with Gasteiger partial charge in [-0.3, -0.25) is 4.57 Å². The van der Waals surface area contributed by atoms with E-state index in [1.165, 1.54) is 19.6 Å². The topological polar surface area (TPSA) is 145 Å². The molecule has 0 bridgehead atoms. The van der Waals surface area contributed by atoms with Crippen LogP contribution in [-0.2, 0) is 20.7 Å². The molecule has 2 rings (SSSR count). The fourth-order valence-electron chi connectivity index (χ4n) is 2.02. The van der Waals surface area contributed by atoms with E-state index in [0.717, 1.165) is 13.8 Å². The van der Waals surface area contributed by atoms with Gasteiger partial charge in [-0.25, -0.2) is 18.8 Å². The lowest BCUT2D eigenvalue weighted by atomic mass is 10.6. The van der Waals surface area contributed by atoms with Gasteiger partial charge in [0.25, 0.3) is 0 Å². The standard InChI is InChI=1S/C12H19N6O6P/c1-4-23-25(22,24-5-2)7-10(19)18-6-9(14-15-18)17-8-16(3)11(20)13-12(17)21/h6,8,10,19H,4-5,7H2,1-3H3/p+1. The quantitative estimate of drug-likeness (QED) is 0.428. The minimum absolute atomic E-state index is 0.0681.